The fraction of sp³-hybridized carbons (Fsp3) is 0.136. The second kappa shape index (κ2) is 11.1. The van der Waals surface area contributed by atoms with E-state index >= 15 is 0 Å². The first-order chi connectivity index (χ1) is 15.8. The van der Waals surface area contributed by atoms with Gasteiger partial charge in [-0.15, -0.1) is 0 Å². The van der Waals surface area contributed by atoms with Gasteiger partial charge in [0.15, 0.2) is 0 Å². The van der Waals surface area contributed by atoms with Gasteiger partial charge < -0.3 is 13.8 Å². The van der Waals surface area contributed by atoms with Crippen molar-refractivity contribution < 1.29 is 28.1 Å². The summed E-state index contributed by atoms with van der Waals surface area (Å²) < 4.78 is 30.3. The molecule has 3 rings (SSSR count). The Morgan fingerprint density at radius 1 is 1.06 bits per heavy atom. The number of hydrogen-bond donors (Lipinski definition) is 1. The summed E-state index contributed by atoms with van der Waals surface area (Å²) >= 11 is 3.16. The molecule has 0 saturated heterocycles. The molecular weight excluding hydrogens is 515 g/mol. The lowest BCUT2D eigenvalue weighted by Gasteiger charge is -2.23. The third-order valence-corrected chi connectivity index (χ3v) is 6.32. The van der Waals surface area contributed by atoms with Crippen LogP contribution in [-0.4, -0.2) is 16.9 Å². The number of halogens is 1. The van der Waals surface area contributed by atoms with Gasteiger partial charge >= 0.3 is 19.4 Å². The van der Waals surface area contributed by atoms with E-state index < -0.39 is 30.4 Å². The van der Waals surface area contributed by atoms with Gasteiger partial charge in [0.2, 0.25) is 5.75 Å². The molecule has 1 unspecified atom stereocenters. The van der Waals surface area contributed by atoms with Crippen LogP contribution in [0.2, 0.25) is 0 Å². The van der Waals surface area contributed by atoms with Crippen LogP contribution >= 0.6 is 23.7 Å². The highest BCUT2D eigenvalue weighted by atomic mass is 79.9. The van der Waals surface area contributed by atoms with E-state index in [1.807, 2.05) is 18.2 Å². The molecule has 11 heteroatoms. The van der Waals surface area contributed by atoms with Crippen LogP contribution in [0.25, 0.3) is 0 Å². The summed E-state index contributed by atoms with van der Waals surface area (Å²) in [6, 6.07) is 20.0. The van der Waals surface area contributed by atoms with Crippen LogP contribution in [-0.2, 0) is 20.7 Å². The molecule has 2 atom stereocenters. The molecule has 0 radical (unpaired) electrons. The molecule has 1 N–H and O–H groups in total. The molecule has 0 heterocycles. The van der Waals surface area contributed by atoms with Crippen LogP contribution in [0.5, 0.6) is 11.5 Å². The number of nitrogens with one attached hydrogen (secondary N) is 1. The highest BCUT2D eigenvalue weighted by molar-refractivity contribution is 9.10. The largest absolute Gasteiger partial charge is 0.513 e. The number of nitro groups is 1. The zero-order chi connectivity index (χ0) is 23.8. The van der Waals surface area contributed by atoms with E-state index in [4.69, 9.17) is 13.8 Å². The molecule has 3 aromatic rings. The topological polar surface area (TPSA) is 117 Å². The molecule has 0 fully saturated rings. The summed E-state index contributed by atoms with van der Waals surface area (Å²) in [5, 5.41) is 14.0. The maximum atomic E-state index is 13.6. The van der Waals surface area contributed by atoms with Gasteiger partial charge in [0.05, 0.1) is 4.92 Å². The number of nitrogens with zero attached hydrogens (tertiary/aromatic N) is 1. The third kappa shape index (κ3) is 7.15. The van der Waals surface area contributed by atoms with Crippen molar-refractivity contribution in [2.75, 3.05) is 0 Å². The van der Waals surface area contributed by atoms with Crippen LogP contribution in [0.3, 0.4) is 0 Å². The highest BCUT2D eigenvalue weighted by Crippen LogP contribution is 2.48. The fourth-order valence-corrected chi connectivity index (χ4v) is 4.56. The van der Waals surface area contributed by atoms with Crippen LogP contribution in [0.15, 0.2) is 83.3 Å². The number of hydrogen-bond acceptors (Lipinski definition) is 7. The molecule has 9 nitrogen and oxygen atoms in total. The maximum Gasteiger partial charge on any atom is 0.513 e. The van der Waals surface area contributed by atoms with E-state index in [1.165, 1.54) is 37.3 Å². The van der Waals surface area contributed by atoms with Crippen molar-refractivity contribution in [3.63, 3.8) is 0 Å². The Morgan fingerprint density at radius 3 is 2.33 bits per heavy atom. The van der Waals surface area contributed by atoms with E-state index in [1.54, 1.807) is 30.3 Å². The van der Waals surface area contributed by atoms with Gasteiger partial charge in [0.25, 0.3) is 0 Å². The summed E-state index contributed by atoms with van der Waals surface area (Å²) in [5.41, 5.74) is 0.353. The van der Waals surface area contributed by atoms with E-state index in [9.17, 15) is 19.5 Å². The number of esters is 1. The average molecular weight is 535 g/mol. The van der Waals surface area contributed by atoms with E-state index in [-0.39, 0.29) is 18.1 Å². The maximum absolute atomic E-state index is 13.6. The minimum atomic E-state index is -4.32. The monoisotopic (exact) mass is 534 g/mol. The van der Waals surface area contributed by atoms with Crippen LogP contribution in [0, 0.1) is 10.1 Å². The molecule has 0 saturated carbocycles. The average Bonchev–Trinajstić information content (AvgIpc) is 2.79. The Hall–Kier alpha value is -3.20. The lowest BCUT2D eigenvalue weighted by atomic mass is 10.2. The van der Waals surface area contributed by atoms with Crippen molar-refractivity contribution in [1.82, 2.24) is 5.09 Å². The number of nitro benzene ring substituents is 1. The first-order valence-electron chi connectivity index (χ1n) is 9.72. The third-order valence-electron chi connectivity index (χ3n) is 4.23. The molecule has 0 aliphatic heterocycles. The van der Waals surface area contributed by atoms with E-state index in [2.05, 4.69) is 21.0 Å². The fourth-order valence-electron chi connectivity index (χ4n) is 2.67. The highest BCUT2D eigenvalue weighted by Gasteiger charge is 2.36. The zero-order valence-corrected chi connectivity index (χ0v) is 19.9. The van der Waals surface area contributed by atoms with Crippen LogP contribution < -0.4 is 14.1 Å². The Labute approximate surface area is 198 Å². The predicted molar refractivity (Wildman–Crippen MR) is 125 cm³/mol. The van der Waals surface area contributed by atoms with Crippen molar-refractivity contribution in [3.8, 4) is 11.5 Å². The van der Waals surface area contributed by atoms with Gasteiger partial charge in [0.1, 0.15) is 18.4 Å². The Balaban J connectivity index is 1.81. The first kappa shape index (κ1) is 24.4. The zero-order valence-electron chi connectivity index (χ0n) is 17.4. The SMILES string of the molecule is C[C@H](NP(=O)(Oc1ccccc1)Oc1ccc(Br)cc1[N+](=O)[O-])C(=O)OCc1ccccc1. The van der Waals surface area contributed by atoms with Gasteiger partial charge in [-0.1, -0.05) is 64.5 Å². The van der Waals surface area contributed by atoms with Crippen molar-refractivity contribution in [3.05, 3.63) is 99.0 Å². The quantitative estimate of drug-likeness (QED) is 0.153. The predicted octanol–water partition coefficient (Wildman–Crippen LogP) is 5.64. The molecule has 0 amide bonds. The second-order valence-corrected chi connectivity index (χ2v) is 9.34. The second-order valence-electron chi connectivity index (χ2n) is 6.81. The molecule has 0 aliphatic carbocycles. The van der Waals surface area contributed by atoms with Crippen molar-refractivity contribution in [2.24, 2.45) is 0 Å². The number of ether oxygens (including phenoxy) is 1. The lowest BCUT2D eigenvalue weighted by Crippen LogP contribution is -2.35. The molecule has 0 spiro atoms. The Bertz CT molecular complexity index is 1160. The molecule has 3 aromatic carbocycles. The smallest absolute Gasteiger partial charge is 0.460 e. The standard InChI is InChI=1S/C22H20BrN2O7P/c1-16(22(26)30-15-17-8-4-2-5-9-17)24-33(29,31-19-10-6-3-7-11-19)32-21-13-12-18(23)14-20(21)25(27)28/h2-14,16H,15H2,1H3,(H,24,29)/t16-,33?/m0/s1. The molecule has 0 aliphatic rings. The summed E-state index contributed by atoms with van der Waals surface area (Å²) in [6.45, 7) is 1.45. The number of carbonyl (C=O) groups is 1. The molecule has 172 valence electrons. The van der Waals surface area contributed by atoms with Crippen molar-refractivity contribution in [2.45, 2.75) is 19.6 Å². The lowest BCUT2D eigenvalue weighted by molar-refractivity contribution is -0.385. The number of carbonyl (C=O) groups excluding carboxylic acids is 1. The summed E-state index contributed by atoms with van der Waals surface area (Å²) in [7, 11) is -4.32. The van der Waals surface area contributed by atoms with Gasteiger partial charge in [-0.2, -0.15) is 5.09 Å². The number of para-hydroxylation sites is 1. The van der Waals surface area contributed by atoms with E-state index in [0.717, 1.165) is 5.56 Å². The first-order valence-corrected chi connectivity index (χ1v) is 12.1. The summed E-state index contributed by atoms with van der Waals surface area (Å²) in [5.74, 6) is -0.817. The van der Waals surface area contributed by atoms with Gasteiger partial charge in [-0.25, -0.2) is 4.57 Å². The Morgan fingerprint density at radius 2 is 1.70 bits per heavy atom. The van der Waals surface area contributed by atoms with Crippen LogP contribution in [0.1, 0.15) is 12.5 Å². The van der Waals surface area contributed by atoms with Crippen molar-refractivity contribution in [1.29, 1.82) is 0 Å². The minimum absolute atomic E-state index is 0.0224. The summed E-state index contributed by atoms with van der Waals surface area (Å²) in [4.78, 5) is 23.3. The summed E-state index contributed by atoms with van der Waals surface area (Å²) in [6.07, 6.45) is 0. The molecular formula is C22H20BrN2O7P. The molecule has 33 heavy (non-hydrogen) atoms. The minimum Gasteiger partial charge on any atom is -0.460 e. The van der Waals surface area contributed by atoms with Gasteiger partial charge in [-0.3, -0.25) is 14.9 Å². The number of benzene rings is 3. The van der Waals surface area contributed by atoms with Crippen molar-refractivity contribution >= 4 is 35.3 Å². The number of rotatable bonds is 10. The van der Waals surface area contributed by atoms with Gasteiger partial charge in [0, 0.05) is 10.5 Å². The van der Waals surface area contributed by atoms with Crippen LogP contribution in [0.4, 0.5) is 5.69 Å². The molecule has 0 bridgehead atoms. The normalized spacial score (nSPS) is 13.4. The molecule has 0 aromatic heterocycles. The Kier molecular flexibility index (Phi) is 8.21. The van der Waals surface area contributed by atoms with Gasteiger partial charge in [-0.05, 0) is 36.8 Å². The van der Waals surface area contributed by atoms with E-state index in [0.29, 0.717) is 4.47 Å².